The van der Waals surface area contributed by atoms with Crippen LogP contribution >= 0.6 is 11.6 Å². The number of sulfonamides is 1. The van der Waals surface area contributed by atoms with Crippen molar-refractivity contribution in [3.05, 3.63) is 28.8 Å². The van der Waals surface area contributed by atoms with Gasteiger partial charge in [0.05, 0.1) is 17.5 Å². The van der Waals surface area contributed by atoms with Crippen molar-refractivity contribution in [1.82, 2.24) is 4.90 Å². The van der Waals surface area contributed by atoms with Crippen molar-refractivity contribution < 1.29 is 13.2 Å². The molecule has 0 spiro atoms. The number of hydrogen-bond acceptors (Lipinski definition) is 4. The van der Waals surface area contributed by atoms with Crippen molar-refractivity contribution in [2.75, 3.05) is 24.1 Å². The van der Waals surface area contributed by atoms with Gasteiger partial charge < -0.3 is 10.6 Å². The Kier molecular flexibility index (Phi) is 4.99. The van der Waals surface area contributed by atoms with Crippen LogP contribution < -0.4 is 10.5 Å². The molecule has 122 valence electrons. The minimum atomic E-state index is -3.48. The average Bonchev–Trinajstić information content (AvgIpc) is 2.80. The Morgan fingerprint density at radius 2 is 2.18 bits per heavy atom. The number of amides is 1. The maximum atomic E-state index is 12.8. The number of anilines is 1. The van der Waals surface area contributed by atoms with Crippen molar-refractivity contribution >= 4 is 33.2 Å². The molecule has 2 atom stereocenters. The first-order valence-corrected chi connectivity index (χ1v) is 9.26. The number of nitrogens with zero attached hydrogens (tertiary/aromatic N) is 1. The van der Waals surface area contributed by atoms with E-state index in [1.54, 1.807) is 11.0 Å². The smallest absolute Gasteiger partial charge is 0.256 e. The van der Waals surface area contributed by atoms with E-state index >= 15 is 0 Å². The number of halogens is 1. The minimum Gasteiger partial charge on any atom is -0.336 e. The van der Waals surface area contributed by atoms with E-state index in [1.165, 1.54) is 12.1 Å². The summed E-state index contributed by atoms with van der Waals surface area (Å²) in [5.41, 5.74) is 6.17. The van der Waals surface area contributed by atoms with Crippen LogP contribution in [0.25, 0.3) is 0 Å². The number of nitrogens with one attached hydrogen (secondary N) is 1. The molecular formula is C14H20ClN3O3S. The third-order valence-corrected chi connectivity index (χ3v) is 4.59. The maximum absolute atomic E-state index is 12.8. The van der Waals surface area contributed by atoms with Gasteiger partial charge in [0.25, 0.3) is 5.91 Å². The van der Waals surface area contributed by atoms with Crippen LogP contribution in [-0.4, -0.2) is 44.6 Å². The predicted octanol–water partition coefficient (Wildman–Crippen LogP) is 1.52. The topological polar surface area (TPSA) is 92.5 Å². The van der Waals surface area contributed by atoms with Gasteiger partial charge in [-0.1, -0.05) is 11.6 Å². The highest BCUT2D eigenvalue weighted by atomic mass is 35.5. The number of hydrogen-bond donors (Lipinski definition) is 2. The Bertz CT molecular complexity index is 678. The molecule has 0 aromatic heterocycles. The van der Waals surface area contributed by atoms with Gasteiger partial charge in [0.15, 0.2) is 0 Å². The molecule has 2 unspecified atom stereocenters. The van der Waals surface area contributed by atoms with E-state index in [-0.39, 0.29) is 29.1 Å². The number of likely N-dealkylation sites (tertiary alicyclic amines) is 1. The Labute approximate surface area is 135 Å². The monoisotopic (exact) mass is 345 g/mol. The summed E-state index contributed by atoms with van der Waals surface area (Å²) in [6, 6.07) is 4.59. The van der Waals surface area contributed by atoms with Gasteiger partial charge in [-0.2, -0.15) is 0 Å². The van der Waals surface area contributed by atoms with Crippen LogP contribution in [0.3, 0.4) is 0 Å². The molecule has 22 heavy (non-hydrogen) atoms. The van der Waals surface area contributed by atoms with Gasteiger partial charge in [-0.3, -0.25) is 9.52 Å². The third kappa shape index (κ3) is 3.91. The first-order chi connectivity index (χ1) is 10.2. The van der Waals surface area contributed by atoms with Crippen LogP contribution in [0.15, 0.2) is 18.2 Å². The summed E-state index contributed by atoms with van der Waals surface area (Å²) in [6.07, 6.45) is 1.89. The molecule has 1 aromatic rings. The summed E-state index contributed by atoms with van der Waals surface area (Å²) in [6.45, 7) is 3.06. The molecule has 0 saturated carbocycles. The molecule has 0 bridgehead atoms. The molecule has 1 aliphatic rings. The van der Waals surface area contributed by atoms with Gasteiger partial charge in [-0.25, -0.2) is 8.42 Å². The van der Waals surface area contributed by atoms with Gasteiger partial charge in [0.2, 0.25) is 10.0 Å². The van der Waals surface area contributed by atoms with Gasteiger partial charge >= 0.3 is 0 Å². The predicted molar refractivity (Wildman–Crippen MR) is 87.6 cm³/mol. The summed E-state index contributed by atoms with van der Waals surface area (Å²) >= 11 is 5.96. The molecule has 1 aromatic carbocycles. The van der Waals surface area contributed by atoms with Crippen molar-refractivity contribution in [2.45, 2.75) is 19.4 Å². The average molecular weight is 346 g/mol. The van der Waals surface area contributed by atoms with Crippen LogP contribution in [0.1, 0.15) is 23.7 Å². The SMILES string of the molecule is CC1CC(CN)CN1C(=O)c1cc(Cl)ccc1NS(C)(=O)=O. The second-order valence-electron chi connectivity index (χ2n) is 5.71. The number of carbonyl (C=O) groups excluding carboxylic acids is 1. The molecular weight excluding hydrogens is 326 g/mol. The number of nitrogens with two attached hydrogens (primary N) is 1. The Hall–Kier alpha value is -1.31. The lowest BCUT2D eigenvalue weighted by Crippen LogP contribution is -2.35. The summed E-state index contributed by atoms with van der Waals surface area (Å²) < 4.78 is 25.3. The molecule has 0 radical (unpaired) electrons. The highest BCUT2D eigenvalue weighted by Gasteiger charge is 2.33. The molecule has 0 aliphatic carbocycles. The Morgan fingerprint density at radius 1 is 1.50 bits per heavy atom. The number of benzene rings is 1. The lowest BCUT2D eigenvalue weighted by Gasteiger charge is -2.23. The maximum Gasteiger partial charge on any atom is 0.256 e. The third-order valence-electron chi connectivity index (χ3n) is 3.76. The zero-order chi connectivity index (χ0) is 16.5. The zero-order valence-electron chi connectivity index (χ0n) is 12.5. The minimum absolute atomic E-state index is 0.0612. The van der Waals surface area contributed by atoms with E-state index in [1.807, 2.05) is 6.92 Å². The van der Waals surface area contributed by atoms with E-state index in [9.17, 15) is 13.2 Å². The highest BCUT2D eigenvalue weighted by Crippen LogP contribution is 2.28. The van der Waals surface area contributed by atoms with Gasteiger partial charge in [-0.15, -0.1) is 0 Å². The van der Waals surface area contributed by atoms with E-state index in [0.29, 0.717) is 18.1 Å². The summed E-state index contributed by atoms with van der Waals surface area (Å²) in [5, 5.41) is 0.379. The van der Waals surface area contributed by atoms with Crippen LogP contribution in [0, 0.1) is 5.92 Å². The Morgan fingerprint density at radius 3 is 2.73 bits per heavy atom. The summed E-state index contributed by atoms with van der Waals surface area (Å²) in [5.74, 6) is 0.0292. The number of rotatable bonds is 4. The van der Waals surface area contributed by atoms with Crippen LogP contribution in [0.2, 0.25) is 5.02 Å². The molecule has 2 rings (SSSR count). The molecule has 6 nitrogen and oxygen atoms in total. The second-order valence-corrected chi connectivity index (χ2v) is 7.89. The summed E-state index contributed by atoms with van der Waals surface area (Å²) in [4.78, 5) is 14.5. The number of carbonyl (C=O) groups is 1. The lowest BCUT2D eigenvalue weighted by atomic mass is 10.1. The normalized spacial score (nSPS) is 21.9. The van der Waals surface area contributed by atoms with Crippen LogP contribution in [-0.2, 0) is 10.0 Å². The molecule has 1 heterocycles. The van der Waals surface area contributed by atoms with Gasteiger partial charge in [-0.05, 0) is 44.0 Å². The molecule has 1 fully saturated rings. The highest BCUT2D eigenvalue weighted by molar-refractivity contribution is 7.92. The molecule has 1 amide bonds. The fraction of sp³-hybridized carbons (Fsp3) is 0.500. The van der Waals surface area contributed by atoms with E-state index < -0.39 is 10.0 Å². The fourth-order valence-electron chi connectivity index (χ4n) is 2.73. The fourth-order valence-corrected chi connectivity index (χ4v) is 3.48. The van der Waals surface area contributed by atoms with Crippen molar-refractivity contribution in [3.8, 4) is 0 Å². The molecule has 8 heteroatoms. The zero-order valence-corrected chi connectivity index (χ0v) is 14.1. The quantitative estimate of drug-likeness (QED) is 0.865. The summed E-state index contributed by atoms with van der Waals surface area (Å²) in [7, 11) is -3.48. The molecule has 1 aliphatic heterocycles. The second kappa shape index (κ2) is 6.44. The van der Waals surface area contributed by atoms with Crippen LogP contribution in [0.4, 0.5) is 5.69 Å². The van der Waals surface area contributed by atoms with Crippen molar-refractivity contribution in [3.63, 3.8) is 0 Å². The van der Waals surface area contributed by atoms with Crippen LogP contribution in [0.5, 0.6) is 0 Å². The molecule has 1 saturated heterocycles. The largest absolute Gasteiger partial charge is 0.336 e. The first-order valence-electron chi connectivity index (χ1n) is 6.99. The standard InChI is InChI=1S/C14H20ClN3O3S/c1-9-5-10(7-16)8-18(9)14(19)12-6-11(15)3-4-13(12)17-22(2,20)21/h3-4,6,9-10,17H,5,7-8,16H2,1-2H3. The van der Waals surface area contributed by atoms with E-state index in [0.717, 1.165) is 12.7 Å². The van der Waals surface area contributed by atoms with Crippen molar-refractivity contribution in [2.24, 2.45) is 11.7 Å². The van der Waals surface area contributed by atoms with E-state index in [4.69, 9.17) is 17.3 Å². The Balaban J connectivity index is 2.34. The lowest BCUT2D eigenvalue weighted by molar-refractivity contribution is 0.0744. The van der Waals surface area contributed by atoms with E-state index in [2.05, 4.69) is 4.72 Å². The van der Waals surface area contributed by atoms with Gasteiger partial charge in [0.1, 0.15) is 0 Å². The molecule has 3 N–H and O–H groups in total. The van der Waals surface area contributed by atoms with Crippen molar-refractivity contribution in [1.29, 1.82) is 0 Å². The van der Waals surface area contributed by atoms with Gasteiger partial charge in [0, 0.05) is 17.6 Å². The first kappa shape index (κ1) is 17.1.